The van der Waals surface area contributed by atoms with Crippen molar-refractivity contribution in [1.82, 2.24) is 40.6 Å². The molecule has 5 aromatic rings. The first-order chi connectivity index (χ1) is 34.0. The number of halogens is 1. The van der Waals surface area contributed by atoms with Gasteiger partial charge in [0.1, 0.15) is 41.3 Å². The van der Waals surface area contributed by atoms with E-state index in [9.17, 15) is 19.2 Å². The predicted octanol–water partition coefficient (Wildman–Crippen LogP) is 7.02. The van der Waals surface area contributed by atoms with Crippen LogP contribution in [0.5, 0.6) is 5.75 Å². The summed E-state index contributed by atoms with van der Waals surface area (Å²) in [5.41, 5.74) is 7.73. The highest BCUT2D eigenvalue weighted by molar-refractivity contribution is 7.15. The van der Waals surface area contributed by atoms with Crippen LogP contribution < -0.4 is 20.7 Å². The third-order valence-corrected chi connectivity index (χ3v) is 14.8. The van der Waals surface area contributed by atoms with E-state index < -0.39 is 29.4 Å². The number of aliphatic imine (C=N–C) groups is 1. The van der Waals surface area contributed by atoms with Crippen molar-refractivity contribution in [3.05, 3.63) is 97.5 Å². The monoisotopic (exact) mass is 1030 g/mol. The lowest BCUT2D eigenvalue weighted by Crippen LogP contribution is -2.58. The Hall–Kier alpha value is -5.57. The van der Waals surface area contributed by atoms with Gasteiger partial charge in [-0.1, -0.05) is 56.6 Å². The number of fused-ring (bicyclic) bond motifs is 3. The first-order valence-electron chi connectivity index (χ1n) is 24.0. The Labute approximate surface area is 428 Å². The molecule has 0 aliphatic carbocycles. The van der Waals surface area contributed by atoms with Gasteiger partial charge >= 0.3 is 0 Å². The number of carbonyl (C=O) groups is 4. The van der Waals surface area contributed by atoms with Gasteiger partial charge in [0.2, 0.25) is 23.6 Å². The Morgan fingerprint density at radius 1 is 0.901 bits per heavy atom. The molecule has 4 amide bonds. The minimum absolute atomic E-state index is 0.0665. The molecule has 0 spiro atoms. The number of hydrogen-bond acceptors (Lipinski definition) is 14. The molecule has 20 heteroatoms. The quantitative estimate of drug-likeness (QED) is 0.0602. The molecule has 2 aromatic carbocycles. The van der Waals surface area contributed by atoms with Crippen molar-refractivity contribution in [3.8, 4) is 21.2 Å². The molecule has 3 atom stereocenters. The zero-order chi connectivity index (χ0) is 50.8. The van der Waals surface area contributed by atoms with Crippen LogP contribution in [0.25, 0.3) is 15.4 Å². The van der Waals surface area contributed by atoms with Gasteiger partial charge in [-0.15, -0.1) is 32.9 Å². The second-order valence-corrected chi connectivity index (χ2v) is 21.0. The van der Waals surface area contributed by atoms with Crippen LogP contribution in [0.2, 0.25) is 5.02 Å². The number of nitrogens with one attached hydrogen (secondary N) is 3. The maximum absolute atomic E-state index is 14.1. The molecule has 380 valence electrons. The second-order valence-electron chi connectivity index (χ2n) is 18.5. The van der Waals surface area contributed by atoms with E-state index in [-0.39, 0.29) is 70.3 Å². The number of benzene rings is 2. The Kier molecular flexibility index (Phi) is 18.2. The number of thiazole rings is 1. The van der Waals surface area contributed by atoms with Crippen LogP contribution >= 0.6 is 34.3 Å². The van der Waals surface area contributed by atoms with Gasteiger partial charge in [0, 0.05) is 46.2 Å². The van der Waals surface area contributed by atoms with Crippen molar-refractivity contribution < 1.29 is 38.1 Å². The van der Waals surface area contributed by atoms with Crippen LogP contribution in [0, 0.1) is 33.1 Å². The van der Waals surface area contributed by atoms with Crippen LogP contribution in [0.1, 0.15) is 97.5 Å². The third-order valence-electron chi connectivity index (χ3n) is 12.4. The summed E-state index contributed by atoms with van der Waals surface area (Å²) in [6, 6.07) is 11.3. The van der Waals surface area contributed by atoms with Crippen LogP contribution in [-0.4, -0.2) is 125 Å². The normalized spacial score (nSPS) is 15.9. The molecular weight excluding hydrogens is 966 g/mol. The third kappa shape index (κ3) is 13.1. The molecule has 3 aromatic heterocycles. The SMILES string of the molecule is CCOc1cc(-c2scnc2C)ccc1CNC(=O)[C@@H]1CCCN1C(=O)[C@@H](NC(=O)COCCOCCOCCNC(=O)C[C@@H]1N=C(c2ccc(Cl)cc2)c2c(sc(C)c2C)-n2c(C)nnc21)C(C)(C)C. The average molecular weight is 1030 g/mol. The number of ether oxygens (including phenoxy) is 4. The Morgan fingerprint density at radius 2 is 1.62 bits per heavy atom. The van der Waals surface area contributed by atoms with Crippen LogP contribution in [-0.2, 0) is 39.9 Å². The first kappa shape index (κ1) is 53.2. The fourth-order valence-electron chi connectivity index (χ4n) is 8.58. The number of aromatic nitrogens is 4. The number of nitrogens with zero attached hydrogens (tertiary/aromatic N) is 6. The summed E-state index contributed by atoms with van der Waals surface area (Å²) in [6.45, 7) is 17.9. The lowest BCUT2D eigenvalue weighted by Gasteiger charge is -2.35. The van der Waals surface area contributed by atoms with Crippen LogP contribution in [0.4, 0.5) is 0 Å². The second kappa shape index (κ2) is 24.2. The summed E-state index contributed by atoms with van der Waals surface area (Å²) in [4.78, 5) is 67.4. The van der Waals surface area contributed by atoms with Gasteiger partial charge in [0.25, 0.3) is 0 Å². The fraction of sp³-hybridized carbons (Fsp3) is 0.490. The Bertz CT molecular complexity index is 2710. The largest absolute Gasteiger partial charge is 0.494 e. The van der Waals surface area contributed by atoms with Gasteiger partial charge in [-0.25, -0.2) is 4.98 Å². The van der Waals surface area contributed by atoms with Crippen LogP contribution in [0.3, 0.4) is 0 Å². The first-order valence-corrected chi connectivity index (χ1v) is 26.0. The van der Waals surface area contributed by atoms with E-state index in [1.165, 1.54) is 4.88 Å². The number of hydrogen-bond donors (Lipinski definition) is 3. The van der Waals surface area contributed by atoms with Crippen molar-refractivity contribution >= 4 is 63.6 Å². The predicted molar refractivity (Wildman–Crippen MR) is 275 cm³/mol. The highest BCUT2D eigenvalue weighted by Gasteiger charge is 2.42. The molecule has 0 unspecified atom stereocenters. The molecule has 1 fully saturated rings. The van der Waals surface area contributed by atoms with E-state index in [0.29, 0.717) is 49.1 Å². The molecule has 17 nitrogen and oxygen atoms in total. The number of aryl methyl sites for hydroxylation is 3. The van der Waals surface area contributed by atoms with Crippen molar-refractivity contribution in [2.24, 2.45) is 10.4 Å². The summed E-state index contributed by atoms with van der Waals surface area (Å²) in [5.74, 6) is 0.789. The number of thiophene rings is 1. The van der Waals surface area contributed by atoms with Crippen LogP contribution in [0.15, 0.2) is 53.0 Å². The molecule has 2 aliphatic rings. The van der Waals surface area contributed by atoms with Gasteiger partial charge < -0.3 is 39.8 Å². The smallest absolute Gasteiger partial charge is 0.246 e. The topological polar surface area (TPSA) is 200 Å². The summed E-state index contributed by atoms with van der Waals surface area (Å²) >= 11 is 9.45. The molecule has 71 heavy (non-hydrogen) atoms. The summed E-state index contributed by atoms with van der Waals surface area (Å²) in [5, 5.41) is 19.3. The molecule has 1 saturated heterocycles. The Balaban J connectivity index is 0.801. The van der Waals surface area contributed by atoms with E-state index in [1.54, 1.807) is 27.6 Å². The minimum atomic E-state index is -0.884. The molecule has 2 aliphatic heterocycles. The number of carbonyl (C=O) groups excluding carboxylic acids is 4. The number of rotatable bonds is 22. The van der Waals surface area contributed by atoms with Gasteiger partial charge in [-0.3, -0.25) is 28.7 Å². The van der Waals surface area contributed by atoms with Crippen molar-refractivity contribution in [3.63, 3.8) is 0 Å². The van der Waals surface area contributed by atoms with E-state index in [2.05, 4.69) is 45.0 Å². The number of amides is 4. The van der Waals surface area contributed by atoms with Crippen molar-refractivity contribution in [2.45, 2.75) is 99.3 Å². The van der Waals surface area contributed by atoms with E-state index in [0.717, 1.165) is 54.9 Å². The highest BCUT2D eigenvalue weighted by atomic mass is 35.5. The molecular formula is C51H64ClN9O8S2. The van der Waals surface area contributed by atoms with Crippen molar-refractivity contribution in [2.75, 3.05) is 59.3 Å². The number of likely N-dealkylation sites (tertiary alicyclic amines) is 1. The zero-order valence-electron chi connectivity index (χ0n) is 41.7. The van der Waals surface area contributed by atoms with Gasteiger partial charge in [-0.2, -0.15) is 0 Å². The van der Waals surface area contributed by atoms with Gasteiger partial charge in [0.05, 0.1) is 67.9 Å². The molecule has 0 saturated carbocycles. The Morgan fingerprint density at radius 3 is 2.32 bits per heavy atom. The molecule has 5 heterocycles. The van der Waals surface area contributed by atoms with Gasteiger partial charge in [0.15, 0.2) is 5.82 Å². The molecule has 0 bridgehead atoms. The van der Waals surface area contributed by atoms with E-state index in [1.807, 2.05) is 94.1 Å². The van der Waals surface area contributed by atoms with Crippen molar-refractivity contribution in [1.29, 1.82) is 0 Å². The maximum atomic E-state index is 14.1. The maximum Gasteiger partial charge on any atom is 0.246 e. The summed E-state index contributed by atoms with van der Waals surface area (Å²) < 4.78 is 24.9. The summed E-state index contributed by atoms with van der Waals surface area (Å²) in [7, 11) is 0. The standard InChI is InChI=1S/C51H64ClN9O8S2/c1-9-69-40-25-35(45-31(3)55-29-70-45)12-13-36(40)27-54-48(64)39-11-10-19-60(39)49(65)46(51(6,7)8)57-42(63)28-68-24-23-67-22-21-66-20-18-53-41(62)26-38-47-59-58-33(5)61(47)50-43(30(2)32(4)71-50)44(56-38)34-14-16-37(52)17-15-34/h12-17,25,29,38-39,46H,9-11,18-24,26-28H2,1-8H3,(H,53,62)(H,54,64)(H,57,63)/t38-,39-,46+/m0/s1. The molecule has 7 rings (SSSR count). The lowest BCUT2D eigenvalue weighted by atomic mass is 9.85. The van der Waals surface area contributed by atoms with E-state index in [4.69, 9.17) is 35.5 Å². The summed E-state index contributed by atoms with van der Waals surface area (Å²) in [6.07, 6.45) is 1.25. The highest BCUT2D eigenvalue weighted by Crippen LogP contribution is 2.40. The zero-order valence-corrected chi connectivity index (χ0v) is 44.1. The molecule has 0 radical (unpaired) electrons. The lowest BCUT2D eigenvalue weighted by molar-refractivity contribution is -0.144. The van der Waals surface area contributed by atoms with E-state index >= 15 is 0 Å². The fourth-order valence-corrected chi connectivity index (χ4v) is 10.7. The minimum Gasteiger partial charge on any atom is -0.494 e. The average Bonchev–Trinajstić information content (AvgIpc) is 4.13. The molecule has 3 N–H and O–H groups in total. The van der Waals surface area contributed by atoms with Gasteiger partial charge in [-0.05, 0) is 82.2 Å².